The van der Waals surface area contributed by atoms with E-state index in [-0.39, 0.29) is 24.4 Å². The van der Waals surface area contributed by atoms with E-state index in [0.29, 0.717) is 22.9 Å². The zero-order valence-electron chi connectivity index (χ0n) is 19.6. The fraction of sp³-hybridized carbons (Fsp3) is 0.259. The Hall–Kier alpha value is -3.84. The molecule has 0 saturated carbocycles. The van der Waals surface area contributed by atoms with Gasteiger partial charge in [0.15, 0.2) is 11.5 Å². The van der Waals surface area contributed by atoms with Gasteiger partial charge in [-0.25, -0.2) is 0 Å². The van der Waals surface area contributed by atoms with Crippen LogP contribution in [0.3, 0.4) is 0 Å². The molecule has 1 atom stereocenters. The quantitative estimate of drug-likeness (QED) is 0.552. The Morgan fingerprint density at radius 3 is 2.26 bits per heavy atom. The first kappa shape index (κ1) is 23.3. The second-order valence-corrected chi connectivity index (χ2v) is 8.25. The van der Waals surface area contributed by atoms with Crippen LogP contribution in [-0.2, 0) is 16.0 Å². The monoisotopic (exact) mass is 459 g/mol. The summed E-state index contributed by atoms with van der Waals surface area (Å²) in [7, 11) is 3.27. The van der Waals surface area contributed by atoms with Crippen molar-refractivity contribution in [1.29, 1.82) is 0 Å². The number of anilines is 2. The molecule has 7 heteroatoms. The lowest BCUT2D eigenvalue weighted by molar-refractivity contribution is -0.118. The van der Waals surface area contributed by atoms with Crippen molar-refractivity contribution < 1.29 is 19.1 Å². The molecule has 3 aromatic rings. The second kappa shape index (κ2) is 10.4. The Kier molecular flexibility index (Phi) is 7.13. The third-order valence-corrected chi connectivity index (χ3v) is 5.90. The molecule has 0 aliphatic carbocycles. The summed E-state index contributed by atoms with van der Waals surface area (Å²) in [5, 5.41) is 5.70. The van der Waals surface area contributed by atoms with Gasteiger partial charge in [0.05, 0.1) is 26.8 Å². The van der Waals surface area contributed by atoms with Crippen molar-refractivity contribution in [2.24, 2.45) is 0 Å². The molecule has 34 heavy (non-hydrogen) atoms. The molecular formula is C27H29N3O4. The molecule has 0 unspecified atom stereocenters. The van der Waals surface area contributed by atoms with Crippen LogP contribution < -0.4 is 20.1 Å². The molecule has 0 spiro atoms. The van der Waals surface area contributed by atoms with Crippen molar-refractivity contribution in [3.05, 3.63) is 83.4 Å². The minimum absolute atomic E-state index is 0.0961. The van der Waals surface area contributed by atoms with Gasteiger partial charge in [-0.05, 0) is 53.4 Å². The lowest BCUT2D eigenvalue weighted by atomic mass is 9.87. The minimum atomic E-state index is -0.159. The van der Waals surface area contributed by atoms with Crippen molar-refractivity contribution in [1.82, 2.24) is 4.90 Å². The predicted molar refractivity (Wildman–Crippen MR) is 132 cm³/mol. The third-order valence-electron chi connectivity index (χ3n) is 5.90. The number of nitrogens with one attached hydrogen (secondary N) is 2. The van der Waals surface area contributed by atoms with Crippen molar-refractivity contribution >= 4 is 23.2 Å². The Morgan fingerprint density at radius 2 is 1.59 bits per heavy atom. The largest absolute Gasteiger partial charge is 0.493 e. The van der Waals surface area contributed by atoms with Gasteiger partial charge in [-0.3, -0.25) is 14.5 Å². The summed E-state index contributed by atoms with van der Waals surface area (Å²) < 4.78 is 11.1. The summed E-state index contributed by atoms with van der Waals surface area (Å²) in [6.07, 6.45) is 0.796. The highest BCUT2D eigenvalue weighted by atomic mass is 16.5. The van der Waals surface area contributed by atoms with E-state index in [9.17, 15) is 9.59 Å². The van der Waals surface area contributed by atoms with Gasteiger partial charge in [-0.15, -0.1) is 0 Å². The van der Waals surface area contributed by atoms with Crippen LogP contribution in [0.5, 0.6) is 11.5 Å². The maximum Gasteiger partial charge on any atom is 0.238 e. The van der Waals surface area contributed by atoms with Gasteiger partial charge in [0.2, 0.25) is 11.8 Å². The normalized spacial score (nSPS) is 15.2. The number of hydrogen-bond acceptors (Lipinski definition) is 5. The SMILES string of the molecule is COc1cc2c(cc1OC)[C@@H](c1ccccc1)N(CC(=O)Nc1cccc(NC(C)=O)c1)CC2. The average Bonchev–Trinajstić information content (AvgIpc) is 2.83. The first-order chi connectivity index (χ1) is 16.5. The van der Waals surface area contributed by atoms with Crippen LogP contribution in [0.1, 0.15) is 29.7 Å². The molecule has 1 heterocycles. The van der Waals surface area contributed by atoms with Crippen molar-refractivity contribution in [3.63, 3.8) is 0 Å². The van der Waals surface area contributed by atoms with Crippen LogP contribution >= 0.6 is 0 Å². The van der Waals surface area contributed by atoms with Gasteiger partial charge >= 0.3 is 0 Å². The number of carbonyl (C=O) groups excluding carboxylic acids is 2. The number of benzene rings is 3. The molecule has 0 radical (unpaired) electrons. The Bertz CT molecular complexity index is 1180. The third kappa shape index (κ3) is 5.21. The highest BCUT2D eigenvalue weighted by molar-refractivity contribution is 5.94. The number of methoxy groups -OCH3 is 2. The number of hydrogen-bond donors (Lipinski definition) is 2. The zero-order chi connectivity index (χ0) is 24.1. The highest BCUT2D eigenvalue weighted by Crippen LogP contribution is 2.40. The van der Waals surface area contributed by atoms with E-state index in [4.69, 9.17) is 9.47 Å². The maximum absolute atomic E-state index is 13.0. The number of carbonyl (C=O) groups is 2. The number of ether oxygens (including phenoxy) is 2. The first-order valence-corrected chi connectivity index (χ1v) is 11.2. The lowest BCUT2D eigenvalue weighted by Gasteiger charge is -2.37. The molecule has 176 valence electrons. The smallest absolute Gasteiger partial charge is 0.238 e. The highest BCUT2D eigenvalue weighted by Gasteiger charge is 2.31. The van der Waals surface area contributed by atoms with Crippen LogP contribution in [0.4, 0.5) is 11.4 Å². The topological polar surface area (TPSA) is 79.9 Å². The van der Waals surface area contributed by atoms with Crippen LogP contribution in [0, 0.1) is 0 Å². The Morgan fingerprint density at radius 1 is 0.912 bits per heavy atom. The van der Waals surface area contributed by atoms with Crippen LogP contribution in [-0.4, -0.2) is 44.0 Å². The van der Waals surface area contributed by atoms with Gasteiger partial charge in [-0.2, -0.15) is 0 Å². The van der Waals surface area contributed by atoms with E-state index >= 15 is 0 Å². The molecule has 7 nitrogen and oxygen atoms in total. The Balaban J connectivity index is 1.60. The van der Waals surface area contributed by atoms with E-state index in [2.05, 4.69) is 27.7 Å². The average molecular weight is 460 g/mol. The predicted octanol–water partition coefficient (Wildman–Crippen LogP) is 4.25. The summed E-state index contributed by atoms with van der Waals surface area (Å²) in [5.74, 6) is 1.10. The first-order valence-electron chi connectivity index (χ1n) is 11.2. The van der Waals surface area contributed by atoms with E-state index in [1.807, 2.05) is 30.3 Å². The van der Waals surface area contributed by atoms with Gasteiger partial charge in [0.25, 0.3) is 0 Å². The number of rotatable bonds is 7. The van der Waals surface area contributed by atoms with Crippen molar-refractivity contribution in [2.45, 2.75) is 19.4 Å². The number of amides is 2. The standard InChI is InChI=1S/C27H29N3O4/c1-18(31)28-21-10-7-11-22(15-21)29-26(32)17-30-13-12-20-14-24(33-2)25(34-3)16-23(20)27(30)19-8-5-4-6-9-19/h4-11,14-16,27H,12-13,17H2,1-3H3,(H,28,31)(H,29,32)/t27-/m1/s1. The summed E-state index contributed by atoms with van der Waals surface area (Å²) in [6.45, 7) is 2.40. The summed E-state index contributed by atoms with van der Waals surface area (Å²) in [4.78, 5) is 26.6. The maximum atomic E-state index is 13.0. The lowest BCUT2D eigenvalue weighted by Crippen LogP contribution is -2.41. The van der Waals surface area contributed by atoms with Crippen LogP contribution in [0.15, 0.2) is 66.7 Å². The summed E-state index contributed by atoms with van der Waals surface area (Å²) in [6, 6.07) is 21.3. The van der Waals surface area contributed by atoms with E-state index in [0.717, 1.165) is 24.1 Å². The summed E-state index contributed by atoms with van der Waals surface area (Å²) >= 11 is 0. The Labute approximate surface area is 199 Å². The van der Waals surface area contributed by atoms with Crippen LogP contribution in [0.25, 0.3) is 0 Å². The van der Waals surface area contributed by atoms with E-state index in [1.165, 1.54) is 12.5 Å². The molecule has 4 rings (SSSR count). The van der Waals surface area contributed by atoms with Crippen molar-refractivity contribution in [2.75, 3.05) is 37.9 Å². The van der Waals surface area contributed by atoms with E-state index in [1.54, 1.807) is 38.5 Å². The number of nitrogens with zero attached hydrogens (tertiary/aromatic N) is 1. The van der Waals surface area contributed by atoms with E-state index < -0.39 is 0 Å². The molecule has 2 N–H and O–H groups in total. The molecule has 0 fully saturated rings. The fourth-order valence-electron chi connectivity index (χ4n) is 4.46. The molecule has 0 aromatic heterocycles. The second-order valence-electron chi connectivity index (χ2n) is 8.25. The van der Waals surface area contributed by atoms with Gasteiger partial charge in [0, 0.05) is 24.8 Å². The molecule has 1 aliphatic rings. The minimum Gasteiger partial charge on any atom is -0.493 e. The summed E-state index contributed by atoms with van der Waals surface area (Å²) in [5.41, 5.74) is 4.68. The van der Waals surface area contributed by atoms with Crippen LogP contribution in [0.2, 0.25) is 0 Å². The fourth-order valence-corrected chi connectivity index (χ4v) is 4.46. The molecule has 0 saturated heterocycles. The van der Waals surface area contributed by atoms with Gasteiger partial charge in [0.1, 0.15) is 0 Å². The zero-order valence-corrected chi connectivity index (χ0v) is 19.6. The number of fused-ring (bicyclic) bond motifs is 1. The molecule has 2 amide bonds. The van der Waals surface area contributed by atoms with Gasteiger partial charge in [-0.1, -0.05) is 36.4 Å². The molecule has 1 aliphatic heterocycles. The van der Waals surface area contributed by atoms with Crippen molar-refractivity contribution in [3.8, 4) is 11.5 Å². The molecular weight excluding hydrogens is 430 g/mol. The van der Waals surface area contributed by atoms with Gasteiger partial charge < -0.3 is 20.1 Å². The molecule has 0 bridgehead atoms. The molecule has 3 aromatic carbocycles.